The molecule has 1 spiro atoms. The van der Waals surface area contributed by atoms with Crippen LogP contribution in [0.4, 0.5) is 5.69 Å². The summed E-state index contributed by atoms with van der Waals surface area (Å²) < 4.78 is 6.24. The highest BCUT2D eigenvalue weighted by atomic mass is 16.5. The number of fused-ring (bicyclic) bond motifs is 1. The Morgan fingerprint density at radius 3 is 2.87 bits per heavy atom. The monoisotopic (exact) mass is 412 g/mol. The largest absolute Gasteiger partial charge is 0.396 e. The fourth-order valence-electron chi connectivity index (χ4n) is 5.32. The molecule has 2 bridgehead atoms. The Morgan fingerprint density at radius 2 is 2.17 bits per heavy atom. The summed E-state index contributed by atoms with van der Waals surface area (Å²) in [6, 6.07) is 7.88. The topological polar surface area (TPSA) is 94.1 Å². The number of hydrogen-bond donors (Lipinski definition) is 3. The number of ether oxygens (including phenoxy) is 1. The van der Waals surface area contributed by atoms with Gasteiger partial charge in [-0.2, -0.15) is 0 Å². The Bertz CT molecular complexity index is 866. The first-order valence-corrected chi connectivity index (χ1v) is 10.6. The highest BCUT2D eigenvalue weighted by Gasteiger charge is 2.67. The molecule has 3 fully saturated rings. The molecule has 160 valence electrons. The summed E-state index contributed by atoms with van der Waals surface area (Å²) in [6.45, 7) is 2.00. The molecule has 0 saturated carbocycles. The van der Waals surface area contributed by atoms with Gasteiger partial charge in [0.1, 0.15) is 5.60 Å². The molecule has 3 saturated heterocycles. The second-order valence-electron chi connectivity index (χ2n) is 8.74. The summed E-state index contributed by atoms with van der Waals surface area (Å²) >= 11 is 0. The van der Waals surface area contributed by atoms with E-state index in [2.05, 4.69) is 10.9 Å². The maximum absolute atomic E-state index is 13.4. The van der Waals surface area contributed by atoms with Crippen molar-refractivity contribution in [2.75, 3.05) is 38.2 Å². The van der Waals surface area contributed by atoms with Crippen molar-refractivity contribution >= 4 is 17.5 Å². The number of carbonyl (C=O) groups excluding carboxylic acids is 2. The third-order valence-electron chi connectivity index (χ3n) is 6.83. The molecule has 3 unspecified atom stereocenters. The Kier molecular flexibility index (Phi) is 4.89. The molecule has 2 amide bonds. The molecule has 4 aliphatic heterocycles. The maximum atomic E-state index is 13.4. The highest BCUT2D eigenvalue weighted by molar-refractivity contribution is 6.03. The Balaban J connectivity index is 1.36. The third kappa shape index (κ3) is 3.06. The van der Waals surface area contributed by atoms with Crippen molar-refractivity contribution in [3.8, 4) is 0 Å². The minimum Gasteiger partial charge on any atom is -0.396 e. The van der Waals surface area contributed by atoms with Crippen LogP contribution < -0.4 is 15.8 Å². The molecule has 4 aliphatic rings. The van der Waals surface area contributed by atoms with Crippen molar-refractivity contribution in [2.24, 2.45) is 11.8 Å². The number of hydrogen-bond acceptors (Lipinski definition) is 6. The molecule has 3 N–H and O–H groups in total. The molecular weight excluding hydrogens is 384 g/mol. The van der Waals surface area contributed by atoms with E-state index in [4.69, 9.17) is 9.84 Å². The van der Waals surface area contributed by atoms with E-state index >= 15 is 0 Å². The van der Waals surface area contributed by atoms with Crippen LogP contribution in [0.15, 0.2) is 36.4 Å². The van der Waals surface area contributed by atoms with E-state index in [0.29, 0.717) is 19.5 Å². The summed E-state index contributed by atoms with van der Waals surface area (Å²) in [5.41, 5.74) is 7.37. The zero-order valence-electron chi connectivity index (χ0n) is 17.1. The minimum absolute atomic E-state index is 0.0292. The van der Waals surface area contributed by atoms with Crippen LogP contribution in [0.3, 0.4) is 0 Å². The van der Waals surface area contributed by atoms with Crippen LogP contribution in [0, 0.1) is 11.8 Å². The molecule has 1 aromatic carbocycles. The molecular formula is C22H28N4O4. The number of benzene rings is 1. The van der Waals surface area contributed by atoms with E-state index in [9.17, 15) is 9.59 Å². The molecule has 0 aromatic heterocycles. The van der Waals surface area contributed by atoms with Gasteiger partial charge in [-0.25, -0.2) is 0 Å². The normalized spacial score (nSPS) is 34.1. The number of likely N-dealkylation sites (N-methyl/N-ethyl adjacent to an activating group) is 1. The maximum Gasteiger partial charge on any atom is 0.234 e. The fraction of sp³-hybridized carbons (Fsp3) is 0.545. The van der Waals surface area contributed by atoms with Crippen molar-refractivity contribution in [1.82, 2.24) is 15.8 Å². The number of anilines is 1. The van der Waals surface area contributed by atoms with Crippen LogP contribution in [-0.4, -0.2) is 72.9 Å². The molecule has 0 radical (unpaired) electrons. The van der Waals surface area contributed by atoms with Crippen LogP contribution in [-0.2, 0) is 20.7 Å². The minimum atomic E-state index is -0.722. The van der Waals surface area contributed by atoms with E-state index < -0.39 is 17.4 Å². The first kappa shape index (κ1) is 19.7. The van der Waals surface area contributed by atoms with Gasteiger partial charge in [0, 0.05) is 38.5 Å². The van der Waals surface area contributed by atoms with Gasteiger partial charge in [0.2, 0.25) is 11.8 Å². The molecule has 8 heteroatoms. The SMILES string of the molecule is CN(CC1CCNN1)C(=O)C1C2C(=O)N(c3ccc(CCO)cc3)C[C@]23C=C[C@H]1O3. The predicted molar refractivity (Wildman–Crippen MR) is 110 cm³/mol. The fourth-order valence-corrected chi connectivity index (χ4v) is 5.32. The van der Waals surface area contributed by atoms with Crippen molar-refractivity contribution in [3.05, 3.63) is 42.0 Å². The average Bonchev–Trinajstić information content (AvgIpc) is 3.51. The van der Waals surface area contributed by atoms with Crippen molar-refractivity contribution in [2.45, 2.75) is 30.6 Å². The quantitative estimate of drug-likeness (QED) is 0.562. The van der Waals surface area contributed by atoms with Crippen LogP contribution in [0.25, 0.3) is 0 Å². The lowest BCUT2D eigenvalue weighted by Crippen LogP contribution is -2.48. The van der Waals surface area contributed by atoms with E-state index in [-0.39, 0.29) is 30.6 Å². The third-order valence-corrected chi connectivity index (χ3v) is 6.83. The Morgan fingerprint density at radius 1 is 1.37 bits per heavy atom. The second kappa shape index (κ2) is 7.46. The standard InChI is InChI=1S/C22H28N4O4/c1-25(12-15-7-10-23-24-15)20(28)18-17-6-9-22(30-17)13-26(21(29)19(18)22)16-4-2-14(3-5-16)8-11-27/h2-6,9,15,17-19,23-24,27H,7-8,10-13H2,1H3/t15?,17-,18?,19?,22-/m1/s1. The zero-order chi connectivity index (χ0) is 20.9. The number of nitrogens with zero attached hydrogens (tertiary/aromatic N) is 2. The summed E-state index contributed by atoms with van der Waals surface area (Å²) in [5, 5.41) is 9.11. The summed E-state index contributed by atoms with van der Waals surface area (Å²) in [7, 11) is 1.81. The Labute approximate surface area is 175 Å². The van der Waals surface area contributed by atoms with Crippen LogP contribution in [0.5, 0.6) is 0 Å². The van der Waals surface area contributed by atoms with Gasteiger partial charge in [0.25, 0.3) is 0 Å². The average molecular weight is 412 g/mol. The van der Waals surface area contributed by atoms with E-state index in [1.54, 1.807) is 9.80 Å². The number of hydrazine groups is 1. The first-order chi connectivity index (χ1) is 14.5. The van der Waals surface area contributed by atoms with Crippen LogP contribution >= 0.6 is 0 Å². The number of rotatable bonds is 6. The molecule has 30 heavy (non-hydrogen) atoms. The Hall–Kier alpha value is -2.26. The highest BCUT2D eigenvalue weighted by Crippen LogP contribution is 2.53. The van der Waals surface area contributed by atoms with Crippen LogP contribution in [0.2, 0.25) is 0 Å². The zero-order valence-corrected chi connectivity index (χ0v) is 17.1. The lowest BCUT2D eigenvalue weighted by atomic mass is 9.76. The van der Waals surface area contributed by atoms with Gasteiger partial charge in [-0.1, -0.05) is 24.3 Å². The number of aliphatic hydroxyl groups excluding tert-OH is 1. The number of carbonyl (C=O) groups is 2. The van der Waals surface area contributed by atoms with E-state index in [1.807, 2.05) is 43.5 Å². The van der Waals surface area contributed by atoms with E-state index in [0.717, 1.165) is 24.2 Å². The number of nitrogens with one attached hydrogen (secondary N) is 2. The van der Waals surface area contributed by atoms with Gasteiger partial charge < -0.3 is 19.6 Å². The van der Waals surface area contributed by atoms with Crippen molar-refractivity contribution in [1.29, 1.82) is 0 Å². The first-order valence-electron chi connectivity index (χ1n) is 10.6. The van der Waals surface area contributed by atoms with Gasteiger partial charge in [0.15, 0.2) is 0 Å². The molecule has 8 nitrogen and oxygen atoms in total. The second-order valence-corrected chi connectivity index (χ2v) is 8.74. The molecule has 5 rings (SSSR count). The number of amides is 2. The van der Waals surface area contributed by atoms with Crippen molar-refractivity contribution in [3.63, 3.8) is 0 Å². The van der Waals surface area contributed by atoms with Gasteiger partial charge >= 0.3 is 0 Å². The lowest BCUT2D eigenvalue weighted by molar-refractivity contribution is -0.139. The summed E-state index contributed by atoms with van der Waals surface area (Å²) in [5.74, 6) is -1.06. The van der Waals surface area contributed by atoms with E-state index in [1.165, 1.54) is 0 Å². The van der Waals surface area contributed by atoms with Gasteiger partial charge in [-0.3, -0.25) is 20.4 Å². The summed E-state index contributed by atoms with van der Waals surface area (Å²) in [4.78, 5) is 30.3. The molecule has 1 aromatic rings. The molecule has 0 aliphatic carbocycles. The van der Waals surface area contributed by atoms with Gasteiger partial charge in [0.05, 0.1) is 24.5 Å². The van der Waals surface area contributed by atoms with Crippen molar-refractivity contribution < 1.29 is 19.4 Å². The van der Waals surface area contributed by atoms with Crippen LogP contribution in [0.1, 0.15) is 12.0 Å². The van der Waals surface area contributed by atoms with Gasteiger partial charge in [-0.05, 0) is 30.5 Å². The smallest absolute Gasteiger partial charge is 0.234 e. The summed E-state index contributed by atoms with van der Waals surface area (Å²) in [6.07, 6.45) is 5.14. The number of aliphatic hydroxyl groups is 1. The lowest BCUT2D eigenvalue weighted by Gasteiger charge is -2.29. The van der Waals surface area contributed by atoms with Gasteiger partial charge in [-0.15, -0.1) is 0 Å². The predicted octanol–water partition coefficient (Wildman–Crippen LogP) is -0.167. The molecule has 5 atom stereocenters. The molecule has 4 heterocycles.